The molecule has 3 aliphatic heterocycles. The van der Waals surface area contributed by atoms with Gasteiger partial charge in [-0.3, -0.25) is 14.4 Å². The Hall–Kier alpha value is -3.10. The summed E-state index contributed by atoms with van der Waals surface area (Å²) in [6.45, 7) is 16.9. The van der Waals surface area contributed by atoms with Crippen molar-refractivity contribution in [2.75, 3.05) is 31.1 Å². The fraction of sp³-hybridized carbons (Fsp3) is 0.514. The van der Waals surface area contributed by atoms with E-state index in [1.54, 1.807) is 33.7 Å². The minimum absolute atomic E-state index is 0.0349. The summed E-state index contributed by atoms with van der Waals surface area (Å²) < 4.78 is -1.23. The van der Waals surface area contributed by atoms with Crippen molar-refractivity contribution in [3.63, 3.8) is 0 Å². The van der Waals surface area contributed by atoms with E-state index >= 15 is 0 Å². The van der Waals surface area contributed by atoms with Crippen LogP contribution in [0.4, 0.5) is 5.69 Å². The number of rotatable bonds is 12. The number of hydrogen-bond acceptors (Lipinski definition) is 5. The van der Waals surface area contributed by atoms with Crippen LogP contribution in [0.2, 0.25) is 0 Å². The van der Waals surface area contributed by atoms with Crippen LogP contribution in [0, 0.1) is 17.8 Å². The molecule has 3 aliphatic rings. The lowest BCUT2D eigenvalue weighted by Gasteiger charge is -2.40. The summed E-state index contributed by atoms with van der Waals surface area (Å²) in [4.78, 5) is 49.2. The van der Waals surface area contributed by atoms with Gasteiger partial charge in [0.1, 0.15) is 6.04 Å². The van der Waals surface area contributed by atoms with E-state index in [1.165, 1.54) is 0 Å². The van der Waals surface area contributed by atoms with Gasteiger partial charge in [0.15, 0.2) is 0 Å². The smallest absolute Gasteiger partial charge is 0.251 e. The molecule has 2 aromatic carbocycles. The molecule has 43 heavy (non-hydrogen) atoms. The normalized spacial score (nSPS) is 28.3. The summed E-state index contributed by atoms with van der Waals surface area (Å²) in [5.74, 6) is -1.69. The van der Waals surface area contributed by atoms with Crippen LogP contribution in [0.5, 0.6) is 0 Å². The molecule has 7 nitrogen and oxygen atoms in total. The van der Waals surface area contributed by atoms with Crippen LogP contribution in [0.3, 0.4) is 0 Å². The largest absolute Gasteiger partial charge is 0.394 e. The fourth-order valence-electron chi connectivity index (χ4n) is 7.85. The molecule has 0 aliphatic carbocycles. The molecule has 6 atom stereocenters. The highest BCUT2D eigenvalue weighted by molar-refractivity contribution is 8.02. The SMILES string of the molecule is C=CCN(CCC)C(=O)[C@H]1[C@H]2C(=O)N([C@@H](CO)C(C)C)C(C(=O)N(CC=C)c3ccc4ccccc4c3)C23CC[C@]1(C)S3. The molecule has 3 amide bonds. The van der Waals surface area contributed by atoms with Crippen LogP contribution in [0.25, 0.3) is 10.8 Å². The number of aliphatic hydroxyl groups excluding tert-OH is 1. The third-order valence-corrected chi connectivity index (χ3v) is 11.8. The molecular weight excluding hydrogens is 558 g/mol. The summed E-state index contributed by atoms with van der Waals surface area (Å²) in [5, 5.41) is 12.7. The first kappa shape index (κ1) is 31.3. The molecule has 3 saturated heterocycles. The van der Waals surface area contributed by atoms with E-state index in [4.69, 9.17) is 0 Å². The van der Waals surface area contributed by atoms with E-state index in [0.717, 1.165) is 29.3 Å². The topological polar surface area (TPSA) is 81.2 Å². The highest BCUT2D eigenvalue weighted by Gasteiger charge is 2.78. The second kappa shape index (κ2) is 12.1. The van der Waals surface area contributed by atoms with E-state index in [9.17, 15) is 19.5 Å². The van der Waals surface area contributed by atoms with Crippen molar-refractivity contribution in [3.05, 3.63) is 67.8 Å². The first-order valence-electron chi connectivity index (χ1n) is 15.5. The molecule has 8 heteroatoms. The molecule has 230 valence electrons. The number of benzene rings is 2. The standard InChI is InChI=1S/C35H45N3O4S/c1-7-18-36(19-8-2)31(40)28-29-32(41)38(27(22-39)23(4)5)30(35(29)17-16-34(28,6)43-35)33(42)37(20-9-3)26-15-14-24-12-10-11-13-25(24)21-26/h7,9-15,21,23,27-30,39H,1,3,8,16-20,22H2,2,4-6H3/t27-,28+,29-,30?,34-,35?/m0/s1. The van der Waals surface area contributed by atoms with Gasteiger partial charge in [-0.05, 0) is 55.0 Å². The molecule has 3 heterocycles. The maximum atomic E-state index is 15.0. The fourth-order valence-corrected chi connectivity index (χ4v) is 10.2. The minimum atomic E-state index is -0.820. The van der Waals surface area contributed by atoms with Crippen molar-refractivity contribution in [2.45, 2.75) is 68.5 Å². The number of carbonyl (C=O) groups is 3. The Labute approximate surface area is 260 Å². The average Bonchev–Trinajstić information content (AvgIpc) is 3.56. The summed E-state index contributed by atoms with van der Waals surface area (Å²) in [7, 11) is 0. The Morgan fingerprint density at radius 2 is 1.79 bits per heavy atom. The first-order chi connectivity index (χ1) is 20.6. The van der Waals surface area contributed by atoms with E-state index in [0.29, 0.717) is 19.5 Å². The summed E-state index contributed by atoms with van der Waals surface area (Å²) in [5.41, 5.74) is 0.734. The third-order valence-electron chi connectivity index (χ3n) is 9.81. The maximum Gasteiger partial charge on any atom is 0.251 e. The Balaban J connectivity index is 1.64. The lowest BCUT2D eigenvalue weighted by atomic mass is 9.66. The molecule has 3 fully saturated rings. The summed E-state index contributed by atoms with van der Waals surface area (Å²) in [6.07, 6.45) is 5.65. The third kappa shape index (κ3) is 5.00. The van der Waals surface area contributed by atoms with Crippen molar-refractivity contribution >= 4 is 45.9 Å². The van der Waals surface area contributed by atoms with E-state index < -0.39 is 33.4 Å². The zero-order valence-electron chi connectivity index (χ0n) is 25.9. The van der Waals surface area contributed by atoms with Gasteiger partial charge in [0, 0.05) is 30.1 Å². The molecule has 0 saturated carbocycles. The number of aliphatic hydroxyl groups is 1. The predicted molar refractivity (Wildman–Crippen MR) is 175 cm³/mol. The number of anilines is 1. The molecule has 2 bridgehead atoms. The first-order valence-corrected chi connectivity index (χ1v) is 16.3. The maximum absolute atomic E-state index is 15.0. The van der Waals surface area contributed by atoms with Gasteiger partial charge in [0.25, 0.3) is 5.91 Å². The van der Waals surface area contributed by atoms with Crippen molar-refractivity contribution in [1.82, 2.24) is 9.80 Å². The zero-order valence-corrected chi connectivity index (χ0v) is 26.7. The van der Waals surface area contributed by atoms with Crippen LogP contribution in [0.1, 0.15) is 47.0 Å². The predicted octanol–water partition coefficient (Wildman–Crippen LogP) is 5.28. The average molecular weight is 604 g/mol. The van der Waals surface area contributed by atoms with E-state index in [1.807, 2.05) is 68.1 Å². The number of nitrogens with zero attached hydrogens (tertiary/aromatic N) is 3. The van der Waals surface area contributed by atoms with Crippen LogP contribution in [-0.2, 0) is 14.4 Å². The molecule has 5 rings (SSSR count). The van der Waals surface area contributed by atoms with Crippen LogP contribution >= 0.6 is 11.8 Å². The Morgan fingerprint density at radius 1 is 1.09 bits per heavy atom. The number of thioether (sulfide) groups is 1. The summed E-state index contributed by atoms with van der Waals surface area (Å²) >= 11 is 1.67. The van der Waals surface area contributed by atoms with Gasteiger partial charge in [0.05, 0.1) is 29.2 Å². The Morgan fingerprint density at radius 3 is 2.42 bits per heavy atom. The van der Waals surface area contributed by atoms with Crippen LogP contribution < -0.4 is 4.90 Å². The van der Waals surface area contributed by atoms with Crippen molar-refractivity contribution in [1.29, 1.82) is 0 Å². The van der Waals surface area contributed by atoms with Gasteiger partial charge < -0.3 is 19.8 Å². The lowest BCUT2D eigenvalue weighted by Crippen LogP contribution is -2.58. The molecule has 0 aromatic heterocycles. The van der Waals surface area contributed by atoms with Crippen molar-refractivity contribution < 1.29 is 19.5 Å². The molecule has 0 radical (unpaired) electrons. The van der Waals surface area contributed by atoms with E-state index in [2.05, 4.69) is 20.1 Å². The van der Waals surface area contributed by atoms with Gasteiger partial charge in [-0.2, -0.15) is 0 Å². The Bertz CT molecular complexity index is 1430. The molecule has 1 spiro atoms. The van der Waals surface area contributed by atoms with Crippen LogP contribution in [0.15, 0.2) is 67.8 Å². The summed E-state index contributed by atoms with van der Waals surface area (Å²) in [6, 6.07) is 12.6. The highest BCUT2D eigenvalue weighted by atomic mass is 32.2. The highest BCUT2D eigenvalue weighted by Crippen LogP contribution is 2.72. The number of amides is 3. The zero-order chi connectivity index (χ0) is 31.1. The van der Waals surface area contributed by atoms with Gasteiger partial charge in [0.2, 0.25) is 11.8 Å². The van der Waals surface area contributed by atoms with Gasteiger partial charge >= 0.3 is 0 Å². The van der Waals surface area contributed by atoms with Crippen molar-refractivity contribution in [3.8, 4) is 0 Å². The number of hydrogen-bond donors (Lipinski definition) is 1. The lowest BCUT2D eigenvalue weighted by molar-refractivity contribution is -0.147. The van der Waals surface area contributed by atoms with Gasteiger partial charge in [-0.25, -0.2) is 0 Å². The Kier molecular flexibility index (Phi) is 8.83. The second-order valence-corrected chi connectivity index (χ2v) is 14.7. The van der Waals surface area contributed by atoms with Crippen molar-refractivity contribution in [2.24, 2.45) is 17.8 Å². The molecule has 2 unspecified atom stereocenters. The minimum Gasteiger partial charge on any atom is -0.394 e. The van der Waals surface area contributed by atoms with Gasteiger partial charge in [-0.15, -0.1) is 24.9 Å². The van der Waals surface area contributed by atoms with E-state index in [-0.39, 0.29) is 36.8 Å². The molecular formula is C35H45N3O4S. The van der Waals surface area contributed by atoms with Gasteiger partial charge in [-0.1, -0.05) is 63.3 Å². The second-order valence-electron chi connectivity index (χ2n) is 12.8. The quantitative estimate of drug-likeness (QED) is 0.334. The monoisotopic (exact) mass is 603 g/mol. The number of carbonyl (C=O) groups excluding carboxylic acids is 3. The van der Waals surface area contributed by atoms with Crippen LogP contribution in [-0.4, -0.2) is 80.4 Å². The molecule has 2 aromatic rings. The number of likely N-dealkylation sites (tertiary alicyclic amines) is 1. The molecule has 1 N–H and O–H groups in total. The number of fused-ring (bicyclic) bond motifs is 2.